The number of ether oxygens (including phenoxy) is 1. The molecule has 0 aromatic carbocycles. The van der Waals surface area contributed by atoms with Crippen molar-refractivity contribution >= 4 is 6.21 Å². The molecular formula is C8H11NO. The Hall–Kier alpha value is -0.890. The van der Waals surface area contributed by atoms with E-state index in [0.29, 0.717) is 0 Å². The first-order valence-electron chi connectivity index (χ1n) is 3.21. The van der Waals surface area contributed by atoms with Gasteiger partial charge in [0.25, 0.3) is 0 Å². The van der Waals surface area contributed by atoms with Gasteiger partial charge in [0.1, 0.15) is 5.60 Å². The van der Waals surface area contributed by atoms with E-state index in [4.69, 9.17) is 4.74 Å². The molecule has 2 heteroatoms. The Bertz CT molecular complexity index is 175. The highest BCUT2D eigenvalue weighted by Crippen LogP contribution is 2.09. The molecular weight excluding hydrogens is 126 g/mol. The molecule has 0 N–H and O–H groups in total. The lowest BCUT2D eigenvalue weighted by atomic mass is 10.1. The summed E-state index contributed by atoms with van der Waals surface area (Å²) in [5.41, 5.74) is -0.330. The van der Waals surface area contributed by atoms with Gasteiger partial charge in [-0.15, -0.1) is 0 Å². The third-order valence-corrected chi connectivity index (χ3v) is 1.48. The van der Waals surface area contributed by atoms with Crippen molar-refractivity contribution in [3.63, 3.8) is 0 Å². The first-order valence-corrected chi connectivity index (χ1v) is 3.21. The zero-order valence-corrected chi connectivity index (χ0v) is 6.24. The second-order valence-corrected chi connectivity index (χ2v) is 2.37. The third-order valence-electron chi connectivity index (χ3n) is 1.48. The molecule has 0 radical (unpaired) electrons. The molecule has 0 aromatic rings. The number of nitrogens with zero attached hydrogens (tertiary/aromatic N) is 1. The Kier molecular flexibility index (Phi) is 2.02. The zero-order chi connectivity index (χ0) is 7.45. The predicted octanol–water partition coefficient (Wildman–Crippen LogP) is 1.55. The van der Waals surface area contributed by atoms with Crippen LogP contribution in [0, 0.1) is 0 Å². The molecule has 1 heterocycles. The minimum absolute atomic E-state index is 0.330. The summed E-state index contributed by atoms with van der Waals surface area (Å²) in [7, 11) is 1.67. The largest absolute Gasteiger partial charge is 0.369 e. The van der Waals surface area contributed by atoms with E-state index >= 15 is 0 Å². The molecule has 1 unspecified atom stereocenters. The fourth-order valence-electron chi connectivity index (χ4n) is 0.701. The van der Waals surface area contributed by atoms with Crippen LogP contribution in [0.4, 0.5) is 0 Å². The molecule has 0 saturated heterocycles. The maximum atomic E-state index is 5.18. The Morgan fingerprint density at radius 2 is 2.20 bits per heavy atom. The van der Waals surface area contributed by atoms with Crippen molar-refractivity contribution in [1.82, 2.24) is 0 Å². The molecule has 0 aromatic heterocycles. The summed E-state index contributed by atoms with van der Waals surface area (Å²) < 4.78 is 5.18. The fraction of sp³-hybridized carbons (Fsp3) is 0.375. The van der Waals surface area contributed by atoms with Crippen molar-refractivity contribution < 1.29 is 4.74 Å². The second kappa shape index (κ2) is 2.80. The molecule has 0 fully saturated rings. The van der Waals surface area contributed by atoms with Crippen LogP contribution in [0.1, 0.15) is 6.92 Å². The van der Waals surface area contributed by atoms with Crippen LogP contribution in [0.3, 0.4) is 0 Å². The van der Waals surface area contributed by atoms with Crippen molar-refractivity contribution in [3.05, 3.63) is 24.4 Å². The average molecular weight is 137 g/mol. The second-order valence-electron chi connectivity index (χ2n) is 2.37. The summed E-state index contributed by atoms with van der Waals surface area (Å²) in [5, 5.41) is 0. The van der Waals surface area contributed by atoms with E-state index in [-0.39, 0.29) is 5.60 Å². The first-order chi connectivity index (χ1) is 4.77. The van der Waals surface area contributed by atoms with Crippen molar-refractivity contribution in [2.45, 2.75) is 12.5 Å². The maximum absolute atomic E-state index is 5.18. The normalized spacial score (nSPS) is 30.6. The topological polar surface area (TPSA) is 21.6 Å². The molecule has 0 spiro atoms. The molecule has 0 aliphatic carbocycles. The smallest absolute Gasteiger partial charge is 0.118 e. The van der Waals surface area contributed by atoms with E-state index in [0.717, 1.165) is 0 Å². The van der Waals surface area contributed by atoms with Crippen LogP contribution in [0.2, 0.25) is 0 Å². The minimum Gasteiger partial charge on any atom is -0.369 e. The number of allylic oxidation sites excluding steroid dienone is 2. The third kappa shape index (κ3) is 1.54. The van der Waals surface area contributed by atoms with E-state index in [1.54, 1.807) is 19.5 Å². The van der Waals surface area contributed by atoms with Gasteiger partial charge in [-0.2, -0.15) is 0 Å². The Morgan fingerprint density at radius 1 is 1.40 bits per heavy atom. The lowest BCUT2D eigenvalue weighted by Gasteiger charge is -2.17. The van der Waals surface area contributed by atoms with Gasteiger partial charge in [0.05, 0.1) is 0 Å². The molecule has 1 rings (SSSR count). The number of rotatable bonds is 1. The molecule has 2 nitrogen and oxygen atoms in total. The quantitative estimate of drug-likeness (QED) is 0.537. The van der Waals surface area contributed by atoms with Crippen molar-refractivity contribution in [3.8, 4) is 0 Å². The van der Waals surface area contributed by atoms with Gasteiger partial charge < -0.3 is 4.74 Å². The summed E-state index contributed by atoms with van der Waals surface area (Å²) in [5.74, 6) is 0. The highest BCUT2D eigenvalue weighted by Gasteiger charge is 2.15. The number of methoxy groups -OCH3 is 1. The van der Waals surface area contributed by atoms with Gasteiger partial charge in [-0.25, -0.2) is 0 Å². The van der Waals surface area contributed by atoms with Gasteiger partial charge in [-0.3, -0.25) is 4.99 Å². The van der Waals surface area contributed by atoms with Crippen LogP contribution >= 0.6 is 0 Å². The molecule has 10 heavy (non-hydrogen) atoms. The predicted molar refractivity (Wildman–Crippen MR) is 42.2 cm³/mol. The van der Waals surface area contributed by atoms with Gasteiger partial charge in [-0.1, -0.05) is 6.08 Å². The van der Waals surface area contributed by atoms with E-state index in [2.05, 4.69) is 4.99 Å². The van der Waals surface area contributed by atoms with Crippen LogP contribution in [0.25, 0.3) is 0 Å². The number of hydrogen-bond acceptors (Lipinski definition) is 2. The fourth-order valence-corrected chi connectivity index (χ4v) is 0.701. The molecule has 1 aliphatic rings. The van der Waals surface area contributed by atoms with Gasteiger partial charge in [0.2, 0.25) is 0 Å². The monoisotopic (exact) mass is 137 g/mol. The van der Waals surface area contributed by atoms with E-state index in [1.165, 1.54) is 0 Å². The van der Waals surface area contributed by atoms with Crippen molar-refractivity contribution in [1.29, 1.82) is 0 Å². The standard InChI is InChI=1S/C8H11NO/c1-8(10-2)5-3-4-6-9-7-8/h3-7H,1-2H3. The zero-order valence-electron chi connectivity index (χ0n) is 6.24. The molecule has 1 aliphatic heterocycles. The highest BCUT2D eigenvalue weighted by molar-refractivity contribution is 5.72. The highest BCUT2D eigenvalue weighted by atomic mass is 16.5. The Labute approximate surface area is 60.9 Å². The summed E-state index contributed by atoms with van der Waals surface area (Å²) in [6.07, 6.45) is 9.27. The van der Waals surface area contributed by atoms with Gasteiger partial charge >= 0.3 is 0 Å². The van der Waals surface area contributed by atoms with Crippen molar-refractivity contribution in [2.24, 2.45) is 4.99 Å². The van der Waals surface area contributed by atoms with Gasteiger partial charge in [-0.05, 0) is 19.1 Å². The van der Waals surface area contributed by atoms with Crippen molar-refractivity contribution in [2.75, 3.05) is 7.11 Å². The lowest BCUT2D eigenvalue weighted by Crippen LogP contribution is -2.25. The molecule has 1 atom stereocenters. The molecule has 0 bridgehead atoms. The summed E-state index contributed by atoms with van der Waals surface area (Å²) in [6.45, 7) is 1.96. The molecule has 54 valence electrons. The average Bonchev–Trinajstić information content (AvgIpc) is 2.15. The van der Waals surface area contributed by atoms with E-state index in [9.17, 15) is 0 Å². The minimum atomic E-state index is -0.330. The van der Waals surface area contributed by atoms with Gasteiger partial charge in [0.15, 0.2) is 0 Å². The van der Waals surface area contributed by atoms with Gasteiger partial charge in [0, 0.05) is 19.5 Å². The maximum Gasteiger partial charge on any atom is 0.118 e. The Balaban J connectivity index is 2.80. The van der Waals surface area contributed by atoms with Crippen LogP contribution in [0.15, 0.2) is 29.4 Å². The van der Waals surface area contributed by atoms with Crippen LogP contribution in [-0.4, -0.2) is 18.9 Å². The van der Waals surface area contributed by atoms with E-state index < -0.39 is 0 Å². The molecule has 0 saturated carbocycles. The molecule has 0 amide bonds. The van der Waals surface area contributed by atoms with Crippen LogP contribution < -0.4 is 0 Å². The summed E-state index contributed by atoms with van der Waals surface area (Å²) in [4.78, 5) is 4.00. The van der Waals surface area contributed by atoms with E-state index in [1.807, 2.05) is 25.2 Å². The number of hydrogen-bond donors (Lipinski definition) is 0. The van der Waals surface area contributed by atoms with Crippen LogP contribution in [0.5, 0.6) is 0 Å². The number of aliphatic imine (C=N–C) groups is 1. The summed E-state index contributed by atoms with van der Waals surface area (Å²) in [6, 6.07) is 0. The Morgan fingerprint density at radius 3 is 2.90 bits per heavy atom. The first kappa shape index (κ1) is 7.22. The van der Waals surface area contributed by atoms with Crippen LogP contribution in [-0.2, 0) is 4.74 Å². The SMILES string of the molecule is COC1(C)C=CC=CN=C1. The lowest BCUT2D eigenvalue weighted by molar-refractivity contribution is 0.112. The summed E-state index contributed by atoms with van der Waals surface area (Å²) >= 11 is 0.